The molecule has 1 rings (SSSR count). The van der Waals surface area contributed by atoms with Crippen molar-refractivity contribution in [3.05, 3.63) is 40.7 Å². The van der Waals surface area contributed by atoms with Crippen molar-refractivity contribution in [1.82, 2.24) is 0 Å². The van der Waals surface area contributed by atoms with E-state index in [1.165, 1.54) is 24.3 Å². The lowest BCUT2D eigenvalue weighted by atomic mass is 10.0. The molecule has 0 fully saturated rings. The van der Waals surface area contributed by atoms with Gasteiger partial charge in [0.1, 0.15) is 23.5 Å². The highest BCUT2D eigenvalue weighted by atomic mass is 19.1. The highest BCUT2D eigenvalue weighted by molar-refractivity contribution is 5.92. The van der Waals surface area contributed by atoms with E-state index in [-0.39, 0.29) is 16.7 Å². The topological polar surface area (TPSA) is 84.9 Å². The second-order valence-electron chi connectivity index (χ2n) is 2.79. The minimum atomic E-state index is -1.32. The van der Waals surface area contributed by atoms with Crippen molar-refractivity contribution in [2.75, 3.05) is 0 Å². The maximum atomic E-state index is 13.3. The molecule has 0 aromatic heterocycles. The fraction of sp³-hybridized carbons (Fsp3) is 0. The molecule has 16 heavy (non-hydrogen) atoms. The van der Waals surface area contributed by atoms with E-state index in [9.17, 15) is 9.18 Å². The van der Waals surface area contributed by atoms with Crippen molar-refractivity contribution in [2.24, 2.45) is 0 Å². The summed E-state index contributed by atoms with van der Waals surface area (Å²) in [6.45, 7) is 0. The van der Waals surface area contributed by atoms with E-state index >= 15 is 0 Å². The zero-order valence-corrected chi connectivity index (χ0v) is 7.94. The highest BCUT2D eigenvalue weighted by Crippen LogP contribution is 2.17. The number of nitrogens with zero attached hydrogens (tertiary/aromatic N) is 2. The molecule has 0 aliphatic carbocycles. The van der Waals surface area contributed by atoms with Gasteiger partial charge in [-0.05, 0) is 18.2 Å². The Balaban J connectivity index is 3.45. The Morgan fingerprint density at radius 1 is 1.38 bits per heavy atom. The summed E-state index contributed by atoms with van der Waals surface area (Å²) in [6.07, 6.45) is 0.915. The molecule has 0 saturated heterocycles. The van der Waals surface area contributed by atoms with Crippen LogP contribution >= 0.6 is 0 Å². The van der Waals surface area contributed by atoms with Gasteiger partial charge >= 0.3 is 5.97 Å². The summed E-state index contributed by atoms with van der Waals surface area (Å²) >= 11 is 0. The average molecular weight is 216 g/mol. The van der Waals surface area contributed by atoms with Crippen molar-refractivity contribution in [3.63, 3.8) is 0 Å². The van der Waals surface area contributed by atoms with Gasteiger partial charge in [-0.1, -0.05) is 6.07 Å². The third-order valence-corrected chi connectivity index (χ3v) is 1.81. The van der Waals surface area contributed by atoms with Gasteiger partial charge in [0.05, 0.1) is 5.56 Å². The van der Waals surface area contributed by atoms with Crippen molar-refractivity contribution in [3.8, 4) is 12.1 Å². The molecule has 0 saturated carbocycles. The van der Waals surface area contributed by atoms with E-state index in [0.717, 1.165) is 12.1 Å². The predicted octanol–water partition coefficient (Wildman–Crippen LogP) is 1.95. The molecule has 0 radical (unpaired) electrons. The molecule has 0 unspecified atom stereocenters. The fourth-order valence-corrected chi connectivity index (χ4v) is 1.10. The average Bonchev–Trinajstić information content (AvgIpc) is 2.27. The van der Waals surface area contributed by atoms with Crippen molar-refractivity contribution in [1.29, 1.82) is 10.5 Å². The third-order valence-electron chi connectivity index (χ3n) is 1.81. The zero-order chi connectivity index (χ0) is 12.1. The van der Waals surface area contributed by atoms with Crippen molar-refractivity contribution < 1.29 is 14.3 Å². The van der Waals surface area contributed by atoms with E-state index < -0.39 is 11.8 Å². The lowest BCUT2D eigenvalue weighted by Gasteiger charge is -2.01. The number of aromatic carboxylic acids is 1. The van der Waals surface area contributed by atoms with Gasteiger partial charge in [0.2, 0.25) is 0 Å². The molecule has 78 valence electrons. The Kier molecular flexibility index (Phi) is 3.37. The molecule has 0 heterocycles. The first-order chi connectivity index (χ1) is 7.60. The number of allylic oxidation sites excluding steroid dienone is 1. The van der Waals surface area contributed by atoms with Gasteiger partial charge in [0, 0.05) is 5.56 Å². The lowest BCUT2D eigenvalue weighted by molar-refractivity contribution is 0.0696. The van der Waals surface area contributed by atoms with Gasteiger partial charge in [0.25, 0.3) is 0 Å². The molecule has 5 heteroatoms. The monoisotopic (exact) mass is 216 g/mol. The van der Waals surface area contributed by atoms with Crippen molar-refractivity contribution >= 4 is 12.0 Å². The Labute approximate surface area is 90.5 Å². The third kappa shape index (κ3) is 2.23. The molecule has 0 atom stereocenters. The number of hydrogen-bond acceptors (Lipinski definition) is 3. The Morgan fingerprint density at radius 3 is 2.50 bits per heavy atom. The molecular weight excluding hydrogens is 211 g/mol. The summed E-state index contributed by atoms with van der Waals surface area (Å²) in [5.41, 5.74) is -0.913. The van der Waals surface area contributed by atoms with Gasteiger partial charge in [-0.15, -0.1) is 0 Å². The maximum Gasteiger partial charge on any atom is 0.336 e. The van der Waals surface area contributed by atoms with E-state index in [1.807, 2.05) is 0 Å². The molecule has 1 aromatic rings. The van der Waals surface area contributed by atoms with Crippen LogP contribution in [-0.2, 0) is 0 Å². The highest BCUT2D eigenvalue weighted by Gasteiger charge is 2.12. The predicted molar refractivity (Wildman–Crippen MR) is 52.6 cm³/mol. The molecule has 0 spiro atoms. The van der Waals surface area contributed by atoms with Crippen LogP contribution in [0.1, 0.15) is 15.9 Å². The number of carboxylic acid groups (broad SMARTS) is 1. The number of hydrogen-bond donors (Lipinski definition) is 1. The number of rotatable bonds is 2. The minimum absolute atomic E-state index is 0.270. The molecule has 0 amide bonds. The Bertz CT molecular complexity index is 534. The van der Waals surface area contributed by atoms with Crippen molar-refractivity contribution in [2.45, 2.75) is 0 Å². The first-order valence-electron chi connectivity index (χ1n) is 4.14. The second kappa shape index (κ2) is 4.72. The van der Waals surface area contributed by atoms with Crippen LogP contribution in [0, 0.1) is 28.5 Å². The minimum Gasteiger partial charge on any atom is -0.478 e. The summed E-state index contributed by atoms with van der Waals surface area (Å²) in [7, 11) is 0. The molecule has 0 aliphatic heterocycles. The molecule has 0 aliphatic rings. The SMILES string of the molecule is N#CC(C#N)=Cc1c(F)cccc1C(=O)O. The largest absolute Gasteiger partial charge is 0.478 e. The van der Waals surface area contributed by atoms with Crippen LogP contribution in [0.3, 0.4) is 0 Å². The van der Waals surface area contributed by atoms with Crippen LogP contribution in [-0.4, -0.2) is 11.1 Å². The molecule has 4 nitrogen and oxygen atoms in total. The second-order valence-corrected chi connectivity index (χ2v) is 2.79. The van der Waals surface area contributed by atoms with E-state index in [1.54, 1.807) is 0 Å². The van der Waals surface area contributed by atoms with E-state index in [2.05, 4.69) is 0 Å². The molecule has 1 N–H and O–H groups in total. The Morgan fingerprint density at radius 2 is 2.00 bits per heavy atom. The number of benzene rings is 1. The number of carboxylic acids is 1. The molecule has 1 aromatic carbocycles. The van der Waals surface area contributed by atoms with Gasteiger partial charge in [-0.3, -0.25) is 0 Å². The van der Waals surface area contributed by atoms with E-state index in [4.69, 9.17) is 15.6 Å². The number of carbonyl (C=O) groups is 1. The normalized spacial score (nSPS) is 8.69. The quantitative estimate of drug-likeness (QED) is 0.765. The van der Waals surface area contributed by atoms with Gasteiger partial charge in [-0.25, -0.2) is 9.18 Å². The summed E-state index contributed by atoms with van der Waals surface area (Å²) < 4.78 is 13.3. The first kappa shape index (κ1) is 11.4. The van der Waals surface area contributed by atoms with Crippen LogP contribution in [0.4, 0.5) is 4.39 Å². The van der Waals surface area contributed by atoms with Crippen LogP contribution in [0.5, 0.6) is 0 Å². The summed E-state index contributed by atoms with van der Waals surface area (Å²) in [6, 6.07) is 6.57. The van der Waals surface area contributed by atoms with Crippen LogP contribution in [0.2, 0.25) is 0 Å². The van der Waals surface area contributed by atoms with Crippen LogP contribution in [0.25, 0.3) is 6.08 Å². The van der Waals surface area contributed by atoms with Gasteiger partial charge in [0.15, 0.2) is 0 Å². The van der Waals surface area contributed by atoms with Crippen LogP contribution in [0.15, 0.2) is 23.8 Å². The fourth-order valence-electron chi connectivity index (χ4n) is 1.10. The Hall–Kier alpha value is -2.66. The molecular formula is C11H5FN2O2. The smallest absolute Gasteiger partial charge is 0.336 e. The lowest BCUT2D eigenvalue weighted by Crippen LogP contribution is -2.01. The number of halogens is 1. The molecule has 0 bridgehead atoms. The number of nitriles is 2. The standard InChI is InChI=1S/C11H5FN2O2/c12-10-3-1-2-8(11(15)16)9(10)4-7(5-13)6-14/h1-4H,(H,15,16). The summed E-state index contributed by atoms with van der Waals surface area (Å²) in [5.74, 6) is -2.11. The van der Waals surface area contributed by atoms with E-state index in [0.29, 0.717) is 0 Å². The van der Waals surface area contributed by atoms with Gasteiger partial charge < -0.3 is 5.11 Å². The maximum absolute atomic E-state index is 13.3. The van der Waals surface area contributed by atoms with Gasteiger partial charge in [-0.2, -0.15) is 10.5 Å². The summed E-state index contributed by atoms with van der Waals surface area (Å²) in [5, 5.41) is 25.8. The van der Waals surface area contributed by atoms with Crippen LogP contribution < -0.4 is 0 Å². The zero-order valence-electron chi connectivity index (χ0n) is 7.94. The first-order valence-corrected chi connectivity index (χ1v) is 4.14. The summed E-state index contributed by atoms with van der Waals surface area (Å²) in [4.78, 5) is 10.8.